The van der Waals surface area contributed by atoms with Gasteiger partial charge in [0.15, 0.2) is 0 Å². The summed E-state index contributed by atoms with van der Waals surface area (Å²) in [5.74, 6) is 0.826. The van der Waals surface area contributed by atoms with Crippen molar-refractivity contribution >= 4 is 17.5 Å². The molecule has 3 nitrogen and oxygen atoms in total. The Kier molecular flexibility index (Phi) is 7.40. The van der Waals surface area contributed by atoms with E-state index in [9.17, 15) is 9.90 Å². The zero-order valence-electron chi connectivity index (χ0n) is 18.9. The van der Waals surface area contributed by atoms with Crippen LogP contribution < -0.4 is 0 Å². The number of amides is 1. The number of aromatic hydroxyl groups is 1. The summed E-state index contributed by atoms with van der Waals surface area (Å²) >= 11 is 6.28. The van der Waals surface area contributed by atoms with Gasteiger partial charge in [-0.25, -0.2) is 0 Å². The maximum absolute atomic E-state index is 12.5. The van der Waals surface area contributed by atoms with Crippen LogP contribution in [0.5, 0.6) is 5.75 Å². The largest absolute Gasteiger partial charge is 0.506 e. The molecule has 0 aliphatic carbocycles. The molecule has 29 heavy (non-hydrogen) atoms. The Hall–Kier alpha value is -2.00. The summed E-state index contributed by atoms with van der Waals surface area (Å²) in [6, 6.07) is 8.19. The molecule has 1 amide bonds. The molecule has 0 saturated carbocycles. The van der Waals surface area contributed by atoms with E-state index in [4.69, 9.17) is 11.6 Å². The summed E-state index contributed by atoms with van der Waals surface area (Å²) in [6.45, 7) is 13.3. The first kappa shape index (κ1) is 23.3. The quantitative estimate of drug-likeness (QED) is 0.569. The number of hydrogen-bond donors (Lipinski definition) is 1. The molecule has 2 aromatic carbocycles. The Balaban J connectivity index is 2.66. The van der Waals surface area contributed by atoms with Gasteiger partial charge >= 0.3 is 0 Å². The van der Waals surface area contributed by atoms with Crippen molar-refractivity contribution in [2.24, 2.45) is 0 Å². The summed E-state index contributed by atoms with van der Waals surface area (Å²) in [4.78, 5) is 13.9. The SMILES string of the molecule is CC(C)c1cc(C(C)C)c(Cc2cc(Cl)c(O)c(C(=O)N(C)C)c2)c(C(C)C)c1. The number of nitrogens with zero attached hydrogens (tertiary/aromatic N) is 1. The van der Waals surface area contributed by atoms with Crippen LogP contribution in [0.25, 0.3) is 0 Å². The average molecular weight is 416 g/mol. The Morgan fingerprint density at radius 1 is 0.931 bits per heavy atom. The lowest BCUT2D eigenvalue weighted by atomic mass is 9.82. The van der Waals surface area contributed by atoms with Gasteiger partial charge in [0.05, 0.1) is 10.6 Å². The highest BCUT2D eigenvalue weighted by Crippen LogP contribution is 2.36. The highest BCUT2D eigenvalue weighted by atomic mass is 35.5. The van der Waals surface area contributed by atoms with E-state index >= 15 is 0 Å². The Labute approximate surface area is 180 Å². The van der Waals surface area contributed by atoms with Crippen LogP contribution in [0, 0.1) is 0 Å². The minimum Gasteiger partial charge on any atom is -0.506 e. The lowest BCUT2D eigenvalue weighted by molar-refractivity contribution is 0.0824. The molecule has 0 fully saturated rings. The van der Waals surface area contributed by atoms with Crippen molar-refractivity contribution in [3.8, 4) is 5.75 Å². The van der Waals surface area contributed by atoms with Gasteiger partial charge in [0.2, 0.25) is 0 Å². The molecule has 158 valence electrons. The molecule has 0 radical (unpaired) electrons. The van der Waals surface area contributed by atoms with Crippen molar-refractivity contribution in [2.75, 3.05) is 14.1 Å². The first-order chi connectivity index (χ1) is 13.4. The van der Waals surface area contributed by atoms with Gasteiger partial charge in [-0.1, -0.05) is 65.3 Å². The van der Waals surface area contributed by atoms with Crippen LogP contribution in [-0.4, -0.2) is 30.0 Å². The number of phenolic OH excluding ortho intramolecular Hbond substituents is 1. The maximum Gasteiger partial charge on any atom is 0.257 e. The third-order valence-corrected chi connectivity index (χ3v) is 5.68. The smallest absolute Gasteiger partial charge is 0.257 e. The van der Waals surface area contributed by atoms with Gasteiger partial charge in [0.1, 0.15) is 5.75 Å². The van der Waals surface area contributed by atoms with E-state index < -0.39 is 0 Å². The fourth-order valence-corrected chi connectivity index (χ4v) is 3.92. The molecule has 4 heteroatoms. The summed E-state index contributed by atoms with van der Waals surface area (Å²) < 4.78 is 0. The molecule has 0 aliphatic heterocycles. The Morgan fingerprint density at radius 2 is 1.45 bits per heavy atom. The van der Waals surface area contributed by atoms with E-state index in [0.717, 1.165) is 5.56 Å². The van der Waals surface area contributed by atoms with Crippen molar-refractivity contribution in [1.82, 2.24) is 4.90 Å². The fraction of sp³-hybridized carbons (Fsp3) is 0.480. The number of hydrogen-bond acceptors (Lipinski definition) is 2. The fourth-order valence-electron chi connectivity index (χ4n) is 3.67. The predicted molar refractivity (Wildman–Crippen MR) is 123 cm³/mol. The lowest BCUT2D eigenvalue weighted by Crippen LogP contribution is -2.22. The van der Waals surface area contributed by atoms with Gasteiger partial charge in [0, 0.05) is 14.1 Å². The Morgan fingerprint density at radius 3 is 1.86 bits per heavy atom. The van der Waals surface area contributed by atoms with E-state index in [0.29, 0.717) is 24.2 Å². The molecule has 0 spiro atoms. The molecular formula is C25H34ClNO2. The zero-order chi connectivity index (χ0) is 22.0. The number of rotatable bonds is 6. The normalized spacial score (nSPS) is 11.6. The minimum absolute atomic E-state index is 0.155. The van der Waals surface area contributed by atoms with Crippen LogP contribution >= 0.6 is 11.6 Å². The number of phenols is 1. The van der Waals surface area contributed by atoms with Gasteiger partial charge in [-0.2, -0.15) is 0 Å². The third-order valence-electron chi connectivity index (χ3n) is 5.39. The van der Waals surface area contributed by atoms with Crippen molar-refractivity contribution < 1.29 is 9.90 Å². The number of benzene rings is 2. The van der Waals surface area contributed by atoms with Gasteiger partial charge in [-0.15, -0.1) is 0 Å². The van der Waals surface area contributed by atoms with Crippen molar-refractivity contribution in [1.29, 1.82) is 0 Å². The number of halogens is 1. The number of carbonyl (C=O) groups excluding carboxylic acids is 1. The molecule has 0 unspecified atom stereocenters. The molecule has 0 saturated heterocycles. The van der Waals surface area contributed by atoms with Gasteiger partial charge in [-0.3, -0.25) is 4.79 Å². The van der Waals surface area contributed by atoms with E-state index in [1.165, 1.54) is 27.2 Å². The topological polar surface area (TPSA) is 40.5 Å². The first-order valence-corrected chi connectivity index (χ1v) is 10.7. The molecule has 0 bridgehead atoms. The molecule has 0 aromatic heterocycles. The van der Waals surface area contributed by atoms with Crippen LogP contribution in [0.2, 0.25) is 5.02 Å². The second-order valence-corrected chi connectivity index (χ2v) is 9.40. The molecule has 1 N–H and O–H groups in total. The zero-order valence-corrected chi connectivity index (χ0v) is 19.7. The molecular weight excluding hydrogens is 382 g/mol. The molecule has 0 aliphatic rings. The van der Waals surface area contributed by atoms with Crippen molar-refractivity contribution in [3.63, 3.8) is 0 Å². The minimum atomic E-state index is -0.255. The molecule has 2 rings (SSSR count). The highest BCUT2D eigenvalue weighted by Gasteiger charge is 2.21. The van der Waals surface area contributed by atoms with Crippen LogP contribution in [0.4, 0.5) is 0 Å². The monoisotopic (exact) mass is 415 g/mol. The summed E-state index contributed by atoms with van der Waals surface area (Å²) in [6.07, 6.45) is 0.674. The number of carbonyl (C=O) groups is 1. The second kappa shape index (κ2) is 9.21. The van der Waals surface area contributed by atoms with Crippen LogP contribution in [0.1, 0.15) is 97.5 Å². The summed E-state index contributed by atoms with van der Waals surface area (Å²) in [5.41, 5.74) is 6.50. The Bertz CT molecular complexity index is 869. The lowest BCUT2D eigenvalue weighted by Gasteiger charge is -2.23. The summed E-state index contributed by atoms with van der Waals surface area (Å²) in [7, 11) is 3.33. The predicted octanol–water partition coefficient (Wildman–Crippen LogP) is 6.71. The van der Waals surface area contributed by atoms with Gasteiger partial charge in [-0.05, 0) is 64.1 Å². The average Bonchev–Trinajstić information content (AvgIpc) is 2.63. The molecule has 0 atom stereocenters. The molecule has 2 aromatic rings. The van der Waals surface area contributed by atoms with E-state index in [2.05, 4.69) is 53.7 Å². The third kappa shape index (κ3) is 5.14. The highest BCUT2D eigenvalue weighted by molar-refractivity contribution is 6.32. The van der Waals surface area contributed by atoms with E-state index in [1.54, 1.807) is 26.2 Å². The molecule has 0 heterocycles. The van der Waals surface area contributed by atoms with E-state index in [-0.39, 0.29) is 22.2 Å². The maximum atomic E-state index is 12.5. The standard InChI is InChI=1S/C25H34ClNO2/c1-14(2)18-12-19(15(3)4)21(20(13-18)16(5)6)9-17-10-22(25(29)27(7)8)24(28)23(26)11-17/h10-16,28H,9H2,1-8H3. The summed E-state index contributed by atoms with van der Waals surface area (Å²) in [5, 5.41) is 10.5. The van der Waals surface area contributed by atoms with E-state index in [1.807, 2.05) is 0 Å². The van der Waals surface area contributed by atoms with Crippen LogP contribution in [0.3, 0.4) is 0 Å². The second-order valence-electron chi connectivity index (χ2n) is 8.99. The van der Waals surface area contributed by atoms with Gasteiger partial charge in [0.25, 0.3) is 5.91 Å². The van der Waals surface area contributed by atoms with Crippen LogP contribution in [0.15, 0.2) is 24.3 Å². The van der Waals surface area contributed by atoms with Crippen LogP contribution in [-0.2, 0) is 6.42 Å². The van der Waals surface area contributed by atoms with Crippen molar-refractivity contribution in [3.05, 3.63) is 62.7 Å². The van der Waals surface area contributed by atoms with Crippen molar-refractivity contribution in [2.45, 2.75) is 65.7 Å². The van der Waals surface area contributed by atoms with Gasteiger partial charge < -0.3 is 10.0 Å². The first-order valence-electron chi connectivity index (χ1n) is 10.3.